The van der Waals surface area contributed by atoms with Crippen LogP contribution in [0.2, 0.25) is 0 Å². The molecule has 0 radical (unpaired) electrons. The molecule has 0 spiro atoms. The van der Waals surface area contributed by atoms with Gasteiger partial charge in [-0.25, -0.2) is 9.97 Å². The second-order valence-corrected chi connectivity index (χ2v) is 6.94. The van der Waals surface area contributed by atoms with Crippen molar-refractivity contribution in [1.82, 2.24) is 9.97 Å². The van der Waals surface area contributed by atoms with Crippen molar-refractivity contribution in [1.29, 1.82) is 0 Å². The van der Waals surface area contributed by atoms with Crippen LogP contribution < -0.4 is 10.6 Å². The molecule has 0 aliphatic rings. The monoisotopic (exact) mass is 360 g/mol. The number of amides is 1. The molecular weight excluding hydrogens is 336 g/mol. The molecule has 3 aromatic rings. The number of aryl methyl sites for hydroxylation is 5. The number of carbonyl (C=O) groups excluding carboxylic acids is 1. The van der Waals surface area contributed by atoms with Gasteiger partial charge in [0.25, 0.3) is 5.91 Å². The van der Waals surface area contributed by atoms with Gasteiger partial charge in [-0.05, 0) is 69.5 Å². The van der Waals surface area contributed by atoms with E-state index in [-0.39, 0.29) is 5.91 Å². The molecular formula is C22H24N4O. The fraction of sp³-hybridized carbons (Fsp3) is 0.227. The van der Waals surface area contributed by atoms with E-state index in [0.29, 0.717) is 11.6 Å². The predicted molar refractivity (Wildman–Crippen MR) is 110 cm³/mol. The lowest BCUT2D eigenvalue weighted by Crippen LogP contribution is -2.15. The number of nitrogens with zero attached hydrogens (tertiary/aromatic N) is 2. The molecule has 0 unspecified atom stereocenters. The van der Waals surface area contributed by atoms with Gasteiger partial charge in [-0.1, -0.05) is 29.8 Å². The van der Waals surface area contributed by atoms with E-state index in [2.05, 4.69) is 39.7 Å². The zero-order chi connectivity index (χ0) is 19.6. The summed E-state index contributed by atoms with van der Waals surface area (Å²) in [5.74, 6) is 0.158. The van der Waals surface area contributed by atoms with Crippen LogP contribution in [0.4, 0.5) is 17.3 Å². The van der Waals surface area contributed by atoms with Crippen LogP contribution >= 0.6 is 0 Å². The van der Waals surface area contributed by atoms with Crippen LogP contribution in [0.15, 0.2) is 42.5 Å². The highest BCUT2D eigenvalue weighted by Gasteiger charge is 2.13. The number of carbonyl (C=O) groups is 1. The average Bonchev–Trinajstić information content (AvgIpc) is 2.57. The van der Waals surface area contributed by atoms with E-state index < -0.39 is 0 Å². The number of hydrogen-bond donors (Lipinski definition) is 2. The molecule has 0 fully saturated rings. The Hall–Kier alpha value is -3.21. The van der Waals surface area contributed by atoms with Gasteiger partial charge in [0.05, 0.1) is 0 Å². The smallest absolute Gasteiger partial charge is 0.274 e. The first-order valence-electron chi connectivity index (χ1n) is 8.90. The number of hydrogen-bond acceptors (Lipinski definition) is 4. The number of nitrogens with one attached hydrogen (secondary N) is 2. The van der Waals surface area contributed by atoms with E-state index >= 15 is 0 Å². The minimum absolute atomic E-state index is 0.258. The van der Waals surface area contributed by atoms with Gasteiger partial charge < -0.3 is 10.6 Å². The van der Waals surface area contributed by atoms with Crippen molar-refractivity contribution in [2.24, 2.45) is 0 Å². The van der Waals surface area contributed by atoms with Crippen LogP contribution in [0.1, 0.15) is 38.4 Å². The summed E-state index contributed by atoms with van der Waals surface area (Å²) in [5.41, 5.74) is 7.29. The maximum absolute atomic E-state index is 12.6. The highest BCUT2D eigenvalue weighted by molar-refractivity contribution is 6.03. The minimum Gasteiger partial charge on any atom is -0.324 e. The van der Waals surface area contributed by atoms with Crippen molar-refractivity contribution >= 4 is 23.2 Å². The van der Waals surface area contributed by atoms with Gasteiger partial charge in [-0.15, -0.1) is 0 Å². The molecule has 3 rings (SSSR count). The number of aromatic nitrogens is 2. The Balaban J connectivity index is 1.87. The average molecular weight is 360 g/mol. The largest absolute Gasteiger partial charge is 0.324 e. The molecule has 0 atom stereocenters. The first-order chi connectivity index (χ1) is 12.8. The van der Waals surface area contributed by atoms with Gasteiger partial charge in [0.15, 0.2) is 0 Å². The predicted octanol–water partition coefficient (Wildman–Crippen LogP) is 5.01. The van der Waals surface area contributed by atoms with Crippen molar-refractivity contribution in [2.45, 2.75) is 34.6 Å². The summed E-state index contributed by atoms with van der Waals surface area (Å²) in [7, 11) is 0. The van der Waals surface area contributed by atoms with Gasteiger partial charge in [0.1, 0.15) is 5.69 Å². The first-order valence-corrected chi connectivity index (χ1v) is 8.90. The molecule has 0 bridgehead atoms. The molecule has 5 heteroatoms. The zero-order valence-corrected chi connectivity index (χ0v) is 16.3. The van der Waals surface area contributed by atoms with Crippen LogP contribution in [0, 0.1) is 34.6 Å². The first kappa shape index (κ1) is 18.6. The fourth-order valence-electron chi connectivity index (χ4n) is 3.15. The summed E-state index contributed by atoms with van der Waals surface area (Å²) < 4.78 is 0. The summed E-state index contributed by atoms with van der Waals surface area (Å²) in [5, 5.41) is 6.17. The van der Waals surface area contributed by atoms with Crippen molar-refractivity contribution in [3.05, 3.63) is 76.1 Å². The number of rotatable bonds is 4. The summed E-state index contributed by atoms with van der Waals surface area (Å²) >= 11 is 0. The molecule has 0 aliphatic heterocycles. The molecule has 0 aliphatic carbocycles. The molecule has 138 valence electrons. The molecule has 0 saturated heterocycles. The van der Waals surface area contributed by atoms with Crippen LogP contribution in [-0.4, -0.2) is 15.9 Å². The van der Waals surface area contributed by atoms with Crippen molar-refractivity contribution in [2.75, 3.05) is 10.6 Å². The molecule has 1 aromatic heterocycles. The Kier molecular flexibility index (Phi) is 5.21. The molecule has 5 nitrogen and oxygen atoms in total. The summed E-state index contributed by atoms with van der Waals surface area (Å²) in [6.45, 7) is 10.00. The highest BCUT2D eigenvalue weighted by atomic mass is 16.1. The standard InChI is InChI=1S/C22H24N4O/c1-13-7-6-8-18(11-13)24-21(27)19-12-17(5)23-22(25-19)26-20-15(3)9-14(2)10-16(20)4/h6-12H,1-5H3,(H,24,27)(H,23,25,26). The van der Waals surface area contributed by atoms with Crippen molar-refractivity contribution in [3.63, 3.8) is 0 Å². The third-order valence-electron chi connectivity index (χ3n) is 4.28. The van der Waals surface area contributed by atoms with Crippen LogP contribution in [0.25, 0.3) is 0 Å². The Morgan fingerprint density at radius 1 is 0.852 bits per heavy atom. The van der Waals surface area contributed by atoms with Crippen molar-refractivity contribution < 1.29 is 4.79 Å². The van der Waals surface area contributed by atoms with Crippen LogP contribution in [0.3, 0.4) is 0 Å². The second kappa shape index (κ2) is 7.58. The Labute approximate surface area is 159 Å². The highest BCUT2D eigenvalue weighted by Crippen LogP contribution is 2.24. The van der Waals surface area contributed by atoms with E-state index in [1.807, 2.05) is 52.0 Å². The summed E-state index contributed by atoms with van der Waals surface area (Å²) in [4.78, 5) is 21.5. The normalized spacial score (nSPS) is 10.6. The molecule has 2 N–H and O–H groups in total. The summed E-state index contributed by atoms with van der Waals surface area (Å²) in [6, 6.07) is 13.6. The fourth-order valence-corrected chi connectivity index (χ4v) is 3.15. The van der Waals surface area contributed by atoms with E-state index in [4.69, 9.17) is 0 Å². The number of benzene rings is 2. The topological polar surface area (TPSA) is 66.9 Å². The minimum atomic E-state index is -0.258. The van der Waals surface area contributed by atoms with Gasteiger partial charge >= 0.3 is 0 Å². The van der Waals surface area contributed by atoms with E-state index in [9.17, 15) is 4.79 Å². The molecule has 1 amide bonds. The number of anilines is 3. The molecule has 27 heavy (non-hydrogen) atoms. The Morgan fingerprint density at radius 2 is 1.56 bits per heavy atom. The lowest BCUT2D eigenvalue weighted by Gasteiger charge is -2.14. The van der Waals surface area contributed by atoms with E-state index in [1.165, 1.54) is 5.56 Å². The van der Waals surface area contributed by atoms with Gasteiger partial charge in [-0.2, -0.15) is 0 Å². The summed E-state index contributed by atoms with van der Waals surface area (Å²) in [6.07, 6.45) is 0. The van der Waals surface area contributed by atoms with Crippen LogP contribution in [0.5, 0.6) is 0 Å². The molecule has 1 heterocycles. The third-order valence-corrected chi connectivity index (χ3v) is 4.28. The van der Waals surface area contributed by atoms with Crippen LogP contribution in [-0.2, 0) is 0 Å². The van der Waals surface area contributed by atoms with Gasteiger partial charge in [0.2, 0.25) is 5.95 Å². The van der Waals surface area contributed by atoms with E-state index in [1.54, 1.807) is 6.07 Å². The van der Waals surface area contributed by atoms with Crippen molar-refractivity contribution in [3.8, 4) is 0 Å². The molecule has 0 saturated carbocycles. The maximum Gasteiger partial charge on any atom is 0.274 e. The Morgan fingerprint density at radius 3 is 2.22 bits per heavy atom. The lowest BCUT2D eigenvalue weighted by atomic mass is 10.1. The zero-order valence-electron chi connectivity index (χ0n) is 16.3. The Bertz CT molecular complexity index is 988. The van der Waals surface area contributed by atoms with E-state index in [0.717, 1.165) is 33.8 Å². The third kappa shape index (κ3) is 4.50. The SMILES string of the molecule is Cc1cccc(NC(=O)c2cc(C)nc(Nc3c(C)cc(C)cc3C)n2)c1. The second-order valence-electron chi connectivity index (χ2n) is 6.94. The lowest BCUT2D eigenvalue weighted by molar-refractivity contribution is 0.102. The maximum atomic E-state index is 12.6. The molecule has 2 aromatic carbocycles. The van der Waals surface area contributed by atoms with Gasteiger partial charge in [0, 0.05) is 17.1 Å². The van der Waals surface area contributed by atoms with Gasteiger partial charge in [-0.3, -0.25) is 4.79 Å². The quantitative estimate of drug-likeness (QED) is 0.686.